The third-order valence-electron chi connectivity index (χ3n) is 14.6. The van der Waals surface area contributed by atoms with Gasteiger partial charge in [0.1, 0.15) is 11.5 Å². The largest absolute Gasteiger partial charge is 0.461 e. The smallest absolute Gasteiger partial charge is 0.428 e. The molecule has 0 aromatic heterocycles. The number of rotatable bonds is 17. The molecule has 0 heterocycles. The summed E-state index contributed by atoms with van der Waals surface area (Å²) in [5.74, 6) is 5.82. The Morgan fingerprint density at radius 2 is 0.695 bits per heavy atom. The van der Waals surface area contributed by atoms with E-state index in [0.717, 1.165) is 72.3 Å². The first kappa shape index (κ1) is 47.5. The molecule has 2 aromatic rings. The predicted octanol–water partition coefficient (Wildman–Crippen LogP) is 16.8. The molecule has 6 rings (SSSR count). The van der Waals surface area contributed by atoms with Gasteiger partial charge < -0.3 is 9.47 Å². The van der Waals surface area contributed by atoms with Crippen LogP contribution in [0.4, 0.5) is 35.1 Å². The van der Waals surface area contributed by atoms with Gasteiger partial charge in [-0.2, -0.15) is 35.1 Å². The molecule has 0 amide bonds. The van der Waals surface area contributed by atoms with Crippen LogP contribution in [-0.4, -0.2) is 25.1 Å². The lowest BCUT2D eigenvalue weighted by atomic mass is 9.74. The number of benzene rings is 2. The molecule has 4 aliphatic carbocycles. The molecule has 2 nitrogen and oxygen atoms in total. The second-order valence-electron chi connectivity index (χ2n) is 18.6. The molecule has 334 valence electrons. The third-order valence-corrected chi connectivity index (χ3v) is 14.6. The average Bonchev–Trinajstić information content (AvgIpc) is 3.24. The van der Waals surface area contributed by atoms with Crippen LogP contribution in [0, 0.1) is 35.5 Å². The summed E-state index contributed by atoms with van der Waals surface area (Å²) in [6.45, 7) is 4.60. The van der Waals surface area contributed by atoms with Crippen LogP contribution < -0.4 is 9.47 Å². The normalized spacial score (nSPS) is 28.2. The van der Waals surface area contributed by atoms with E-state index in [9.17, 15) is 35.1 Å². The Morgan fingerprint density at radius 1 is 0.424 bits per heavy atom. The molecule has 0 aliphatic heterocycles. The molecule has 0 spiro atoms. The highest BCUT2D eigenvalue weighted by atomic mass is 19.3. The Balaban J connectivity index is 0.000000224. The van der Waals surface area contributed by atoms with Gasteiger partial charge >= 0.3 is 25.1 Å². The number of hydrogen-bond acceptors (Lipinski definition) is 2. The number of ether oxygens (including phenoxy) is 2. The fourth-order valence-corrected chi connectivity index (χ4v) is 10.7. The molecular weight excluding hydrogens is 773 g/mol. The van der Waals surface area contributed by atoms with E-state index < -0.39 is 25.1 Å². The lowest BCUT2D eigenvalue weighted by molar-refractivity contribution is -0.253. The van der Waals surface area contributed by atoms with Crippen LogP contribution in [0.15, 0.2) is 48.5 Å². The molecular formula is C49H70F8O2. The second-order valence-corrected chi connectivity index (χ2v) is 18.6. The standard InChI is InChI=1S/C25H36F4O.C24H34F4O/c1-2-3-18-4-6-19(7-5-18)8-9-20-10-12-21(13-11-20)22-14-16-23(17-15-22)30-25(28,29)24(26)27;1-2-17-3-5-18(6-4-17)7-8-19-9-11-20(12-10-19)21-13-15-22(16-14-21)29-24(27,28)23(25)26/h14-21,24H,2-13H2,1H3;13-20,23H,2-12H2,1H3. The van der Waals surface area contributed by atoms with Gasteiger partial charge in [-0.3, -0.25) is 0 Å². The van der Waals surface area contributed by atoms with Crippen molar-refractivity contribution in [3.8, 4) is 11.5 Å². The second kappa shape index (κ2) is 23.1. The fourth-order valence-electron chi connectivity index (χ4n) is 10.7. The van der Waals surface area contributed by atoms with Gasteiger partial charge in [-0.15, -0.1) is 0 Å². The van der Waals surface area contributed by atoms with Gasteiger partial charge in [-0.25, -0.2) is 0 Å². The predicted molar refractivity (Wildman–Crippen MR) is 220 cm³/mol. The van der Waals surface area contributed by atoms with Crippen molar-refractivity contribution in [1.29, 1.82) is 0 Å². The van der Waals surface area contributed by atoms with Crippen LogP contribution in [0.25, 0.3) is 0 Å². The highest BCUT2D eigenvalue weighted by molar-refractivity contribution is 5.31. The van der Waals surface area contributed by atoms with Crippen molar-refractivity contribution in [2.24, 2.45) is 35.5 Å². The molecule has 0 saturated heterocycles. The van der Waals surface area contributed by atoms with Gasteiger partial charge in [-0.05, 0) is 134 Å². The average molecular weight is 843 g/mol. The van der Waals surface area contributed by atoms with Gasteiger partial charge in [0, 0.05) is 0 Å². The van der Waals surface area contributed by atoms with Crippen molar-refractivity contribution in [2.45, 2.75) is 198 Å². The number of hydrogen-bond donors (Lipinski definition) is 0. The summed E-state index contributed by atoms with van der Waals surface area (Å²) in [4.78, 5) is 0. The third kappa shape index (κ3) is 15.1. The Hall–Kier alpha value is -2.52. The molecule has 0 atom stereocenters. The van der Waals surface area contributed by atoms with E-state index in [0.29, 0.717) is 11.8 Å². The lowest BCUT2D eigenvalue weighted by Gasteiger charge is -2.32. The van der Waals surface area contributed by atoms with E-state index in [1.165, 1.54) is 146 Å². The van der Waals surface area contributed by atoms with Crippen LogP contribution in [-0.2, 0) is 0 Å². The minimum atomic E-state index is -4.45. The first-order valence-corrected chi connectivity index (χ1v) is 23.1. The summed E-state index contributed by atoms with van der Waals surface area (Å²) in [5.41, 5.74) is 2.18. The fraction of sp³-hybridized carbons (Fsp3) is 0.755. The number of halogens is 8. The van der Waals surface area contributed by atoms with Crippen molar-refractivity contribution >= 4 is 0 Å². The van der Waals surface area contributed by atoms with Gasteiger partial charge in [0.2, 0.25) is 0 Å². The lowest BCUT2D eigenvalue weighted by Crippen LogP contribution is -2.33. The maximum absolute atomic E-state index is 13.0. The quantitative estimate of drug-likeness (QED) is 0.148. The van der Waals surface area contributed by atoms with E-state index in [1.54, 1.807) is 24.3 Å². The molecule has 0 N–H and O–H groups in total. The molecule has 0 radical (unpaired) electrons. The zero-order valence-electron chi connectivity index (χ0n) is 35.5. The topological polar surface area (TPSA) is 18.5 Å². The maximum atomic E-state index is 13.0. The van der Waals surface area contributed by atoms with Gasteiger partial charge in [0.05, 0.1) is 0 Å². The van der Waals surface area contributed by atoms with Crippen molar-refractivity contribution in [3.63, 3.8) is 0 Å². The molecule has 4 fully saturated rings. The van der Waals surface area contributed by atoms with E-state index in [2.05, 4.69) is 23.3 Å². The summed E-state index contributed by atoms with van der Waals surface area (Å²) >= 11 is 0. The van der Waals surface area contributed by atoms with Crippen molar-refractivity contribution in [1.82, 2.24) is 0 Å². The molecule has 0 bridgehead atoms. The Bertz CT molecular complexity index is 1440. The summed E-state index contributed by atoms with van der Waals surface area (Å²) in [5, 5.41) is 0. The van der Waals surface area contributed by atoms with Crippen LogP contribution in [0.2, 0.25) is 0 Å². The molecule has 59 heavy (non-hydrogen) atoms. The Morgan fingerprint density at radius 3 is 0.966 bits per heavy atom. The molecule has 4 saturated carbocycles. The van der Waals surface area contributed by atoms with Crippen molar-refractivity contribution in [2.75, 3.05) is 0 Å². The first-order chi connectivity index (χ1) is 28.2. The van der Waals surface area contributed by atoms with Crippen molar-refractivity contribution < 1.29 is 44.6 Å². The van der Waals surface area contributed by atoms with Crippen LogP contribution in [0.3, 0.4) is 0 Å². The molecule has 4 aliphatic rings. The van der Waals surface area contributed by atoms with Gasteiger partial charge in [0.25, 0.3) is 0 Å². The molecule has 10 heteroatoms. The maximum Gasteiger partial charge on any atom is 0.461 e. The number of alkyl halides is 8. The Kier molecular flexibility index (Phi) is 18.6. The highest BCUT2D eigenvalue weighted by Gasteiger charge is 2.45. The molecule has 0 unspecified atom stereocenters. The van der Waals surface area contributed by atoms with Crippen molar-refractivity contribution in [3.05, 3.63) is 59.7 Å². The first-order valence-electron chi connectivity index (χ1n) is 23.1. The van der Waals surface area contributed by atoms with E-state index in [4.69, 9.17) is 0 Å². The monoisotopic (exact) mass is 843 g/mol. The SMILES string of the molecule is CCC1CCC(CCC2CCC(c3ccc(OC(F)(F)C(F)F)cc3)CC2)CC1.CCCC1CCC(CCC2CCC(c3ccc(OC(F)(F)C(F)F)cc3)CC2)CC1. The van der Waals surface area contributed by atoms with Crippen LogP contribution in [0.5, 0.6) is 11.5 Å². The Labute approximate surface area is 349 Å². The molecule has 2 aromatic carbocycles. The minimum absolute atomic E-state index is 0.216. The summed E-state index contributed by atoms with van der Waals surface area (Å²) in [7, 11) is 0. The highest BCUT2D eigenvalue weighted by Crippen LogP contribution is 2.43. The van der Waals surface area contributed by atoms with E-state index in [1.807, 2.05) is 0 Å². The van der Waals surface area contributed by atoms with Crippen LogP contribution >= 0.6 is 0 Å². The van der Waals surface area contributed by atoms with E-state index in [-0.39, 0.29) is 11.5 Å². The zero-order chi connectivity index (χ0) is 42.4. The van der Waals surface area contributed by atoms with E-state index >= 15 is 0 Å². The zero-order valence-corrected chi connectivity index (χ0v) is 35.5. The summed E-state index contributed by atoms with van der Waals surface area (Å²) < 4.78 is 109. The summed E-state index contributed by atoms with van der Waals surface area (Å²) in [6.07, 6.45) is 13.6. The minimum Gasteiger partial charge on any atom is -0.428 e. The summed E-state index contributed by atoms with van der Waals surface area (Å²) in [6, 6.07) is 12.5. The van der Waals surface area contributed by atoms with Crippen LogP contribution in [0.1, 0.15) is 184 Å². The van der Waals surface area contributed by atoms with Gasteiger partial charge in [0.15, 0.2) is 0 Å². The van der Waals surface area contributed by atoms with Gasteiger partial charge in [-0.1, -0.05) is 134 Å².